The first-order chi connectivity index (χ1) is 11.5. The zero-order chi connectivity index (χ0) is 17.5. The van der Waals surface area contributed by atoms with Gasteiger partial charge in [0.1, 0.15) is 0 Å². The third kappa shape index (κ3) is 5.35. The molecule has 2 aromatic carbocycles. The van der Waals surface area contributed by atoms with Crippen LogP contribution in [0.2, 0.25) is 0 Å². The van der Waals surface area contributed by atoms with Gasteiger partial charge < -0.3 is 10.1 Å². The fourth-order valence-corrected chi connectivity index (χ4v) is 2.22. The van der Waals surface area contributed by atoms with Crippen molar-refractivity contribution in [2.75, 3.05) is 5.32 Å². The molecule has 0 amide bonds. The standard InChI is InChI=1S/C19H18BrNO3/c1-13(2)24-19(23)18(22)12-17(14-6-4-3-5-7-14)21-16-10-8-15(20)9-11-16/h3-13,21H,1-2H3. The van der Waals surface area contributed by atoms with E-state index in [-0.39, 0.29) is 6.10 Å². The molecular formula is C19H18BrNO3. The molecule has 124 valence electrons. The van der Waals surface area contributed by atoms with Crippen molar-refractivity contribution in [1.82, 2.24) is 0 Å². The van der Waals surface area contributed by atoms with Crippen molar-refractivity contribution in [3.63, 3.8) is 0 Å². The third-order valence-corrected chi connectivity index (χ3v) is 3.56. The molecule has 0 spiro atoms. The maximum atomic E-state index is 12.1. The lowest BCUT2D eigenvalue weighted by molar-refractivity contribution is -0.154. The van der Waals surface area contributed by atoms with Gasteiger partial charge in [-0.2, -0.15) is 0 Å². The highest BCUT2D eigenvalue weighted by atomic mass is 79.9. The monoisotopic (exact) mass is 387 g/mol. The van der Waals surface area contributed by atoms with Gasteiger partial charge in [-0.05, 0) is 43.7 Å². The summed E-state index contributed by atoms with van der Waals surface area (Å²) in [4.78, 5) is 23.9. The maximum Gasteiger partial charge on any atom is 0.379 e. The summed E-state index contributed by atoms with van der Waals surface area (Å²) in [6, 6.07) is 16.9. The molecule has 4 nitrogen and oxygen atoms in total. The lowest BCUT2D eigenvalue weighted by Gasteiger charge is -2.12. The molecular weight excluding hydrogens is 370 g/mol. The number of ether oxygens (including phenoxy) is 1. The zero-order valence-electron chi connectivity index (χ0n) is 13.5. The Morgan fingerprint density at radius 2 is 1.67 bits per heavy atom. The number of benzene rings is 2. The van der Waals surface area contributed by atoms with Gasteiger partial charge in [0.05, 0.1) is 6.10 Å². The first kappa shape index (κ1) is 17.9. The van der Waals surface area contributed by atoms with Gasteiger partial charge in [-0.15, -0.1) is 0 Å². The van der Waals surface area contributed by atoms with Gasteiger partial charge in [0.15, 0.2) is 0 Å². The van der Waals surface area contributed by atoms with E-state index in [9.17, 15) is 9.59 Å². The molecule has 0 aliphatic carbocycles. The van der Waals surface area contributed by atoms with Crippen LogP contribution in [0.3, 0.4) is 0 Å². The van der Waals surface area contributed by atoms with Crippen molar-refractivity contribution in [2.24, 2.45) is 0 Å². The van der Waals surface area contributed by atoms with Crippen molar-refractivity contribution in [1.29, 1.82) is 0 Å². The van der Waals surface area contributed by atoms with Crippen LogP contribution in [0, 0.1) is 0 Å². The topological polar surface area (TPSA) is 55.4 Å². The molecule has 0 atom stereocenters. The summed E-state index contributed by atoms with van der Waals surface area (Å²) in [7, 11) is 0. The first-order valence-electron chi connectivity index (χ1n) is 7.50. The Bertz CT molecular complexity index is 737. The third-order valence-electron chi connectivity index (χ3n) is 3.03. The number of hydrogen-bond acceptors (Lipinski definition) is 4. The van der Waals surface area contributed by atoms with E-state index >= 15 is 0 Å². The van der Waals surface area contributed by atoms with Crippen LogP contribution in [0.4, 0.5) is 5.69 Å². The van der Waals surface area contributed by atoms with Crippen LogP contribution in [0.15, 0.2) is 65.1 Å². The number of halogens is 1. The molecule has 0 aliphatic rings. The van der Waals surface area contributed by atoms with Gasteiger partial charge in [0.25, 0.3) is 5.78 Å². The second-order valence-corrected chi connectivity index (χ2v) is 6.29. The van der Waals surface area contributed by atoms with Crippen molar-refractivity contribution >= 4 is 39.1 Å². The van der Waals surface area contributed by atoms with E-state index < -0.39 is 11.8 Å². The minimum absolute atomic E-state index is 0.338. The van der Waals surface area contributed by atoms with Crippen LogP contribution < -0.4 is 5.32 Å². The Morgan fingerprint density at radius 1 is 1.04 bits per heavy atom. The lowest BCUT2D eigenvalue weighted by Crippen LogP contribution is -2.20. The van der Waals surface area contributed by atoms with Gasteiger partial charge in [-0.3, -0.25) is 4.79 Å². The Kier molecular flexibility index (Phi) is 6.32. The van der Waals surface area contributed by atoms with E-state index in [0.717, 1.165) is 15.7 Å². The molecule has 0 radical (unpaired) electrons. The quantitative estimate of drug-likeness (QED) is 0.452. The molecule has 0 unspecified atom stereocenters. The van der Waals surface area contributed by atoms with Crippen LogP contribution in [0.1, 0.15) is 19.4 Å². The highest BCUT2D eigenvalue weighted by Gasteiger charge is 2.16. The van der Waals surface area contributed by atoms with Crippen molar-refractivity contribution in [3.8, 4) is 0 Å². The number of ketones is 1. The lowest BCUT2D eigenvalue weighted by atomic mass is 10.1. The maximum absolute atomic E-state index is 12.1. The summed E-state index contributed by atoms with van der Waals surface area (Å²) < 4.78 is 5.90. The summed E-state index contributed by atoms with van der Waals surface area (Å²) in [5.41, 5.74) is 2.13. The number of hydrogen-bond donors (Lipinski definition) is 1. The minimum Gasteiger partial charge on any atom is -0.457 e. The van der Waals surface area contributed by atoms with Gasteiger partial charge in [0.2, 0.25) is 0 Å². The highest BCUT2D eigenvalue weighted by molar-refractivity contribution is 9.10. The van der Waals surface area contributed by atoms with E-state index in [1.165, 1.54) is 6.08 Å². The van der Waals surface area contributed by atoms with Crippen LogP contribution in [-0.2, 0) is 14.3 Å². The Morgan fingerprint density at radius 3 is 2.25 bits per heavy atom. The Hall–Kier alpha value is -2.40. The summed E-state index contributed by atoms with van der Waals surface area (Å²) in [6.07, 6.45) is 0.927. The molecule has 0 heterocycles. The van der Waals surface area contributed by atoms with Crippen LogP contribution in [-0.4, -0.2) is 17.9 Å². The molecule has 0 aromatic heterocycles. The van der Waals surface area contributed by atoms with Gasteiger partial charge in [-0.1, -0.05) is 46.3 Å². The largest absolute Gasteiger partial charge is 0.457 e. The predicted molar refractivity (Wildman–Crippen MR) is 98.4 cm³/mol. The summed E-state index contributed by atoms with van der Waals surface area (Å²) in [6.45, 7) is 3.40. The molecule has 5 heteroatoms. The SMILES string of the molecule is CC(C)OC(=O)C(=O)C=C(Nc1ccc(Br)cc1)c1ccccc1. The summed E-state index contributed by atoms with van der Waals surface area (Å²) in [5, 5.41) is 3.17. The second kappa shape index (κ2) is 8.45. The molecule has 24 heavy (non-hydrogen) atoms. The molecule has 0 aliphatic heterocycles. The number of carbonyl (C=O) groups excluding carboxylic acids is 2. The van der Waals surface area contributed by atoms with Gasteiger partial charge in [0, 0.05) is 21.9 Å². The van der Waals surface area contributed by atoms with Gasteiger partial charge >= 0.3 is 5.97 Å². The molecule has 2 rings (SSSR count). The van der Waals surface area contributed by atoms with E-state index in [1.807, 2.05) is 54.6 Å². The molecule has 0 bridgehead atoms. The number of carbonyl (C=O) groups is 2. The molecule has 1 N–H and O–H groups in total. The van der Waals surface area contributed by atoms with E-state index in [0.29, 0.717) is 5.70 Å². The number of anilines is 1. The Labute approximate surface area is 149 Å². The Balaban J connectivity index is 2.29. The number of rotatable bonds is 6. The average molecular weight is 388 g/mol. The number of nitrogens with one attached hydrogen (secondary N) is 1. The highest BCUT2D eigenvalue weighted by Crippen LogP contribution is 2.20. The molecule has 0 saturated heterocycles. The average Bonchev–Trinajstić information content (AvgIpc) is 2.56. The number of esters is 1. The van der Waals surface area contributed by atoms with Crippen molar-refractivity contribution in [3.05, 3.63) is 70.7 Å². The molecule has 0 saturated carbocycles. The first-order valence-corrected chi connectivity index (χ1v) is 8.29. The minimum atomic E-state index is -0.865. The van der Waals surface area contributed by atoms with E-state index in [4.69, 9.17) is 4.74 Å². The summed E-state index contributed by atoms with van der Waals surface area (Å²) >= 11 is 3.38. The van der Waals surface area contributed by atoms with Crippen LogP contribution in [0.5, 0.6) is 0 Å². The van der Waals surface area contributed by atoms with Gasteiger partial charge in [-0.25, -0.2) is 4.79 Å². The predicted octanol–water partition coefficient (Wildman–Crippen LogP) is 4.42. The van der Waals surface area contributed by atoms with Crippen molar-refractivity contribution < 1.29 is 14.3 Å². The zero-order valence-corrected chi connectivity index (χ0v) is 15.0. The van der Waals surface area contributed by atoms with E-state index in [1.54, 1.807) is 13.8 Å². The van der Waals surface area contributed by atoms with Crippen LogP contribution in [0.25, 0.3) is 5.70 Å². The fourth-order valence-electron chi connectivity index (χ4n) is 1.96. The second-order valence-electron chi connectivity index (χ2n) is 5.37. The van der Waals surface area contributed by atoms with Crippen LogP contribution >= 0.6 is 15.9 Å². The normalized spacial score (nSPS) is 11.2. The van der Waals surface area contributed by atoms with E-state index in [2.05, 4.69) is 21.2 Å². The molecule has 0 fully saturated rings. The van der Waals surface area contributed by atoms with Crippen molar-refractivity contribution in [2.45, 2.75) is 20.0 Å². The molecule has 2 aromatic rings. The fraction of sp³-hybridized carbons (Fsp3) is 0.158. The smallest absolute Gasteiger partial charge is 0.379 e. The summed E-state index contributed by atoms with van der Waals surface area (Å²) in [5.74, 6) is -1.57.